The van der Waals surface area contributed by atoms with E-state index in [1.54, 1.807) is 24.0 Å². The molecule has 0 spiro atoms. The van der Waals surface area contributed by atoms with Gasteiger partial charge >= 0.3 is 5.97 Å². The third-order valence-electron chi connectivity index (χ3n) is 4.70. The minimum absolute atomic E-state index is 0.237. The summed E-state index contributed by atoms with van der Waals surface area (Å²) in [5.41, 5.74) is 1.38. The van der Waals surface area contributed by atoms with E-state index in [4.69, 9.17) is 18.9 Å². The summed E-state index contributed by atoms with van der Waals surface area (Å²) in [6, 6.07) is 13.0. The number of amides is 1. The summed E-state index contributed by atoms with van der Waals surface area (Å²) < 4.78 is 21.6. The Morgan fingerprint density at radius 1 is 1.00 bits per heavy atom. The van der Waals surface area contributed by atoms with Gasteiger partial charge < -0.3 is 23.8 Å². The number of ether oxygens (including phenoxy) is 4. The van der Waals surface area contributed by atoms with Crippen LogP contribution in [-0.4, -0.2) is 51.2 Å². The number of carbonyl (C=O) groups excluding carboxylic acids is 2. The zero-order valence-corrected chi connectivity index (χ0v) is 18.1. The summed E-state index contributed by atoms with van der Waals surface area (Å²) in [5, 5.41) is 0. The Balaban J connectivity index is 2.27. The molecule has 162 valence electrons. The normalized spacial score (nSPS) is 11.4. The van der Waals surface area contributed by atoms with Crippen molar-refractivity contribution in [2.24, 2.45) is 5.92 Å². The van der Waals surface area contributed by atoms with Crippen LogP contribution in [0.5, 0.6) is 17.2 Å². The van der Waals surface area contributed by atoms with Crippen LogP contribution in [-0.2, 0) is 16.1 Å². The van der Waals surface area contributed by atoms with Crippen molar-refractivity contribution < 1.29 is 28.5 Å². The minimum atomic E-state index is -0.434. The summed E-state index contributed by atoms with van der Waals surface area (Å²) in [6.45, 7) is 4.60. The van der Waals surface area contributed by atoms with E-state index in [-0.39, 0.29) is 18.4 Å². The van der Waals surface area contributed by atoms with Crippen molar-refractivity contribution in [3.63, 3.8) is 0 Å². The summed E-state index contributed by atoms with van der Waals surface area (Å²) in [6.07, 6.45) is 0. The van der Waals surface area contributed by atoms with E-state index in [1.165, 1.54) is 21.3 Å². The molecular weight excluding hydrogens is 386 g/mol. The average Bonchev–Trinajstić information content (AvgIpc) is 2.79. The molecule has 0 aromatic heterocycles. The molecule has 0 bridgehead atoms. The number of hydrogen-bond donors (Lipinski definition) is 0. The summed E-state index contributed by atoms with van der Waals surface area (Å²) in [7, 11) is 4.35. The van der Waals surface area contributed by atoms with Crippen molar-refractivity contribution in [3.8, 4) is 17.2 Å². The fourth-order valence-electron chi connectivity index (χ4n) is 3.02. The van der Waals surface area contributed by atoms with E-state index in [0.717, 1.165) is 5.56 Å². The third kappa shape index (κ3) is 5.65. The van der Waals surface area contributed by atoms with Gasteiger partial charge in [0.05, 0.1) is 27.2 Å². The van der Waals surface area contributed by atoms with E-state index in [0.29, 0.717) is 36.0 Å². The number of nitrogens with zero attached hydrogens (tertiary/aromatic N) is 1. The zero-order chi connectivity index (χ0) is 22.1. The Kier molecular flexibility index (Phi) is 8.53. The second-order valence-corrected chi connectivity index (χ2v) is 6.75. The molecular formula is C23H29NO6. The molecule has 30 heavy (non-hydrogen) atoms. The molecule has 1 atom stereocenters. The van der Waals surface area contributed by atoms with Crippen LogP contribution < -0.4 is 14.2 Å². The van der Waals surface area contributed by atoms with Crippen molar-refractivity contribution in [1.29, 1.82) is 0 Å². The molecule has 7 heteroatoms. The van der Waals surface area contributed by atoms with Crippen LogP contribution in [0.3, 0.4) is 0 Å². The van der Waals surface area contributed by atoms with Gasteiger partial charge in [0.2, 0.25) is 5.75 Å². The molecule has 0 aliphatic rings. The van der Waals surface area contributed by atoms with Crippen molar-refractivity contribution >= 4 is 11.9 Å². The maximum atomic E-state index is 13.1. The molecule has 0 radical (unpaired) electrons. The predicted octanol–water partition coefficient (Wildman–Crippen LogP) is 3.55. The predicted molar refractivity (Wildman–Crippen MR) is 113 cm³/mol. The van der Waals surface area contributed by atoms with Crippen molar-refractivity contribution in [3.05, 3.63) is 53.6 Å². The fraction of sp³-hybridized carbons (Fsp3) is 0.391. The Morgan fingerprint density at radius 2 is 1.60 bits per heavy atom. The van der Waals surface area contributed by atoms with E-state index >= 15 is 0 Å². The lowest BCUT2D eigenvalue weighted by Gasteiger charge is -2.24. The highest BCUT2D eigenvalue weighted by molar-refractivity contribution is 5.96. The van der Waals surface area contributed by atoms with Crippen LogP contribution in [0, 0.1) is 5.92 Å². The Labute approximate surface area is 177 Å². The second kappa shape index (κ2) is 11.1. The summed E-state index contributed by atoms with van der Waals surface area (Å²) in [4.78, 5) is 26.4. The van der Waals surface area contributed by atoms with Gasteiger partial charge in [0.1, 0.15) is 6.61 Å². The van der Waals surface area contributed by atoms with Gasteiger partial charge in [-0.2, -0.15) is 0 Å². The lowest BCUT2D eigenvalue weighted by atomic mass is 10.1. The molecule has 2 aromatic rings. The topological polar surface area (TPSA) is 74.3 Å². The molecule has 0 saturated heterocycles. The van der Waals surface area contributed by atoms with Gasteiger partial charge in [-0.1, -0.05) is 37.3 Å². The van der Waals surface area contributed by atoms with Crippen LogP contribution >= 0.6 is 0 Å². The standard InChI is InChI=1S/C23H29NO6/c1-6-24(14-16(2)23(26)29-5)22(25)18-12-19(27-3)21(20(13-18)28-4)30-15-17-10-8-7-9-11-17/h7-13,16H,6,14-15H2,1-5H3. The molecule has 0 aliphatic carbocycles. The second-order valence-electron chi connectivity index (χ2n) is 6.75. The Bertz CT molecular complexity index is 827. The fourth-order valence-corrected chi connectivity index (χ4v) is 3.02. The van der Waals surface area contributed by atoms with E-state index in [2.05, 4.69) is 0 Å². The van der Waals surface area contributed by atoms with Crippen LogP contribution in [0.4, 0.5) is 0 Å². The maximum Gasteiger partial charge on any atom is 0.310 e. The zero-order valence-electron chi connectivity index (χ0n) is 18.1. The van der Waals surface area contributed by atoms with E-state index in [1.807, 2.05) is 37.3 Å². The van der Waals surface area contributed by atoms with Crippen LogP contribution in [0.25, 0.3) is 0 Å². The molecule has 2 rings (SSSR count). The highest BCUT2D eigenvalue weighted by atomic mass is 16.5. The molecule has 0 N–H and O–H groups in total. The van der Waals surface area contributed by atoms with Gasteiger partial charge in [-0.15, -0.1) is 0 Å². The lowest BCUT2D eigenvalue weighted by Crippen LogP contribution is -2.37. The summed E-state index contributed by atoms with van der Waals surface area (Å²) in [5.74, 6) is 0.180. The van der Waals surface area contributed by atoms with Crippen LogP contribution in [0.15, 0.2) is 42.5 Å². The first-order chi connectivity index (χ1) is 14.4. The number of hydrogen-bond acceptors (Lipinski definition) is 6. The Morgan fingerprint density at radius 3 is 2.10 bits per heavy atom. The first-order valence-corrected chi connectivity index (χ1v) is 9.74. The van der Waals surface area contributed by atoms with Gasteiger partial charge in [-0.05, 0) is 24.6 Å². The quantitative estimate of drug-likeness (QED) is 0.553. The van der Waals surface area contributed by atoms with Crippen molar-refractivity contribution in [2.75, 3.05) is 34.4 Å². The molecule has 1 amide bonds. The van der Waals surface area contributed by atoms with Crippen molar-refractivity contribution in [2.45, 2.75) is 20.5 Å². The SMILES string of the molecule is CCN(CC(C)C(=O)OC)C(=O)c1cc(OC)c(OCc2ccccc2)c(OC)c1. The number of rotatable bonds is 10. The molecule has 1 unspecified atom stereocenters. The highest BCUT2D eigenvalue weighted by Crippen LogP contribution is 2.39. The van der Waals surface area contributed by atoms with E-state index in [9.17, 15) is 9.59 Å². The number of benzene rings is 2. The minimum Gasteiger partial charge on any atom is -0.493 e. The number of carbonyl (C=O) groups is 2. The monoisotopic (exact) mass is 415 g/mol. The van der Waals surface area contributed by atoms with Gasteiger partial charge in [-0.25, -0.2) is 0 Å². The largest absolute Gasteiger partial charge is 0.493 e. The third-order valence-corrected chi connectivity index (χ3v) is 4.70. The van der Waals surface area contributed by atoms with Crippen molar-refractivity contribution in [1.82, 2.24) is 4.90 Å². The molecule has 0 fully saturated rings. The molecule has 7 nitrogen and oxygen atoms in total. The van der Waals surface area contributed by atoms with Crippen LogP contribution in [0.1, 0.15) is 29.8 Å². The lowest BCUT2D eigenvalue weighted by molar-refractivity contribution is -0.145. The van der Waals surface area contributed by atoms with Crippen LogP contribution in [0.2, 0.25) is 0 Å². The smallest absolute Gasteiger partial charge is 0.310 e. The van der Waals surface area contributed by atoms with Gasteiger partial charge in [0, 0.05) is 18.7 Å². The molecule has 0 heterocycles. The molecule has 2 aromatic carbocycles. The molecule has 0 aliphatic heterocycles. The summed E-state index contributed by atoms with van der Waals surface area (Å²) >= 11 is 0. The average molecular weight is 415 g/mol. The maximum absolute atomic E-state index is 13.1. The van der Waals surface area contributed by atoms with E-state index < -0.39 is 5.92 Å². The highest BCUT2D eigenvalue weighted by Gasteiger charge is 2.24. The van der Waals surface area contributed by atoms with Gasteiger partial charge in [0.25, 0.3) is 5.91 Å². The first kappa shape index (κ1) is 23.1. The number of methoxy groups -OCH3 is 3. The van der Waals surface area contributed by atoms with Gasteiger partial charge in [-0.3, -0.25) is 9.59 Å². The first-order valence-electron chi connectivity index (χ1n) is 9.74. The molecule has 0 saturated carbocycles. The van der Waals surface area contributed by atoms with Gasteiger partial charge in [0.15, 0.2) is 11.5 Å². The number of esters is 1. The Hall–Kier alpha value is -3.22.